The highest BCUT2D eigenvalue weighted by atomic mass is 127. The normalized spacial score (nSPS) is 12.0. The second kappa shape index (κ2) is 11.3. The molecule has 0 fully saturated rings. The van der Waals surface area contributed by atoms with Gasteiger partial charge in [-0.1, -0.05) is 6.07 Å². The van der Waals surface area contributed by atoms with Crippen LogP contribution in [-0.4, -0.2) is 40.4 Å². The summed E-state index contributed by atoms with van der Waals surface area (Å²) in [5, 5.41) is 10.6. The molecule has 7 nitrogen and oxygen atoms in total. The Morgan fingerprint density at radius 2 is 2.07 bits per heavy atom. The van der Waals surface area contributed by atoms with Crippen molar-refractivity contribution in [2.75, 3.05) is 13.6 Å². The molecule has 1 atom stereocenters. The molecule has 0 saturated heterocycles. The fraction of sp³-hybridized carbons (Fsp3) is 0.250. The minimum atomic E-state index is -0.318. The average Bonchev–Trinajstić information content (AvgIpc) is 3.23. The minimum Gasteiger partial charge on any atom is -0.489 e. The van der Waals surface area contributed by atoms with E-state index in [0.29, 0.717) is 24.8 Å². The summed E-state index contributed by atoms with van der Waals surface area (Å²) < 4.78 is 20.6. The lowest BCUT2D eigenvalue weighted by atomic mass is 10.2. The Morgan fingerprint density at radius 1 is 1.21 bits per heavy atom. The van der Waals surface area contributed by atoms with E-state index in [1.54, 1.807) is 36.3 Å². The zero-order valence-electron chi connectivity index (χ0n) is 16.2. The van der Waals surface area contributed by atoms with Gasteiger partial charge in [0.05, 0.1) is 6.54 Å². The number of hydrogen-bond donors (Lipinski definition) is 2. The number of hydrogen-bond acceptors (Lipinski definition) is 4. The van der Waals surface area contributed by atoms with Crippen LogP contribution in [0.25, 0.3) is 5.82 Å². The van der Waals surface area contributed by atoms with E-state index < -0.39 is 0 Å². The maximum Gasteiger partial charge on any atom is 0.191 e. The van der Waals surface area contributed by atoms with E-state index in [4.69, 9.17) is 4.74 Å². The maximum atomic E-state index is 13.2. The van der Waals surface area contributed by atoms with E-state index in [9.17, 15) is 4.39 Å². The molecule has 0 bridgehead atoms. The molecule has 9 heteroatoms. The lowest BCUT2D eigenvalue weighted by Crippen LogP contribution is -2.41. The standard InChI is InChI=1S/C20H23FN6O.HI/c1-15(28-18-6-3-5-17(21)12-18)13-24-20(22-2)25-14-16-7-9-23-19(11-16)27-10-4-8-26-27;/h3-12,15H,13-14H2,1-2H3,(H2,22,24,25);1H. The van der Waals surface area contributed by atoms with Gasteiger partial charge in [0.25, 0.3) is 0 Å². The summed E-state index contributed by atoms with van der Waals surface area (Å²) in [5.74, 6) is 1.58. The third-order valence-electron chi connectivity index (χ3n) is 3.92. The Morgan fingerprint density at radius 3 is 2.79 bits per heavy atom. The van der Waals surface area contributed by atoms with Gasteiger partial charge in [0.15, 0.2) is 11.8 Å². The number of guanidine groups is 1. The molecule has 0 aliphatic carbocycles. The topological polar surface area (TPSA) is 76.4 Å². The van der Waals surface area contributed by atoms with Gasteiger partial charge < -0.3 is 15.4 Å². The molecule has 0 amide bonds. The second-order valence-corrected chi connectivity index (χ2v) is 6.17. The third-order valence-corrected chi connectivity index (χ3v) is 3.92. The minimum absolute atomic E-state index is 0. The molecule has 154 valence electrons. The van der Waals surface area contributed by atoms with Crippen molar-refractivity contribution in [3.05, 3.63) is 72.4 Å². The second-order valence-electron chi connectivity index (χ2n) is 6.17. The summed E-state index contributed by atoms with van der Waals surface area (Å²) in [5.41, 5.74) is 1.05. The number of nitrogens with one attached hydrogen (secondary N) is 2. The molecule has 0 aliphatic rings. The van der Waals surface area contributed by atoms with E-state index >= 15 is 0 Å². The number of aromatic nitrogens is 3. The molecule has 0 radical (unpaired) electrons. The van der Waals surface area contributed by atoms with Gasteiger partial charge in [0, 0.05) is 38.2 Å². The highest BCUT2D eigenvalue weighted by Gasteiger charge is 2.07. The van der Waals surface area contributed by atoms with Crippen LogP contribution in [0.3, 0.4) is 0 Å². The SMILES string of the molecule is CN=C(NCc1ccnc(-n2cccn2)c1)NCC(C)Oc1cccc(F)c1.I. The zero-order valence-corrected chi connectivity index (χ0v) is 18.6. The molecule has 0 aliphatic heterocycles. The molecule has 0 spiro atoms. The van der Waals surface area contributed by atoms with Crippen LogP contribution < -0.4 is 15.4 Å². The molecular formula is C20H24FIN6O. The predicted octanol–water partition coefficient (Wildman–Crippen LogP) is 3.16. The number of benzene rings is 1. The Bertz CT molecular complexity index is 919. The Hall–Kier alpha value is -2.69. The van der Waals surface area contributed by atoms with Crippen LogP contribution >= 0.6 is 24.0 Å². The van der Waals surface area contributed by atoms with Crippen LogP contribution in [-0.2, 0) is 6.54 Å². The van der Waals surface area contributed by atoms with E-state index in [1.807, 2.05) is 31.3 Å². The summed E-state index contributed by atoms with van der Waals surface area (Å²) in [7, 11) is 1.70. The van der Waals surface area contributed by atoms with E-state index in [-0.39, 0.29) is 35.9 Å². The summed E-state index contributed by atoms with van der Waals surface area (Å²) in [6.07, 6.45) is 5.15. The van der Waals surface area contributed by atoms with Crippen molar-refractivity contribution in [2.24, 2.45) is 4.99 Å². The number of halogens is 2. The Balaban J connectivity index is 0.00000300. The smallest absolute Gasteiger partial charge is 0.191 e. The molecule has 29 heavy (non-hydrogen) atoms. The molecule has 2 heterocycles. The first kappa shape index (κ1) is 22.6. The average molecular weight is 510 g/mol. The van der Waals surface area contributed by atoms with Crippen molar-refractivity contribution in [3.63, 3.8) is 0 Å². The van der Waals surface area contributed by atoms with Crippen LogP contribution in [0.15, 0.2) is 66.0 Å². The molecule has 1 unspecified atom stereocenters. The summed E-state index contributed by atoms with van der Waals surface area (Å²) in [6, 6.07) is 11.9. The highest BCUT2D eigenvalue weighted by Crippen LogP contribution is 2.13. The molecule has 1 aromatic carbocycles. The lowest BCUT2D eigenvalue weighted by Gasteiger charge is -2.18. The molecule has 2 N–H and O–H groups in total. The first-order chi connectivity index (χ1) is 13.6. The Kier molecular flexibility index (Phi) is 8.84. The number of aliphatic imine (C=N–C) groups is 1. The van der Waals surface area contributed by atoms with Gasteiger partial charge in [0.1, 0.15) is 17.7 Å². The first-order valence-corrected chi connectivity index (χ1v) is 8.96. The van der Waals surface area contributed by atoms with Gasteiger partial charge in [-0.05, 0) is 42.8 Å². The molecule has 0 saturated carbocycles. The number of pyridine rings is 1. The Labute approximate surface area is 186 Å². The van der Waals surface area contributed by atoms with Crippen molar-refractivity contribution in [1.29, 1.82) is 0 Å². The van der Waals surface area contributed by atoms with Gasteiger partial charge in [-0.15, -0.1) is 24.0 Å². The van der Waals surface area contributed by atoms with Crippen molar-refractivity contribution in [3.8, 4) is 11.6 Å². The van der Waals surface area contributed by atoms with Gasteiger partial charge in [0.2, 0.25) is 0 Å². The predicted molar refractivity (Wildman–Crippen MR) is 121 cm³/mol. The van der Waals surface area contributed by atoms with Crippen LogP contribution in [0.5, 0.6) is 5.75 Å². The quantitative estimate of drug-likeness (QED) is 0.290. The maximum absolute atomic E-state index is 13.2. The van der Waals surface area contributed by atoms with Crippen molar-refractivity contribution in [2.45, 2.75) is 19.6 Å². The van der Waals surface area contributed by atoms with Crippen LogP contribution in [0.2, 0.25) is 0 Å². The van der Waals surface area contributed by atoms with Gasteiger partial charge in [-0.25, -0.2) is 14.1 Å². The number of ether oxygens (including phenoxy) is 1. The first-order valence-electron chi connectivity index (χ1n) is 8.96. The van der Waals surface area contributed by atoms with E-state index in [1.165, 1.54) is 12.1 Å². The summed E-state index contributed by atoms with van der Waals surface area (Å²) in [6.45, 7) is 3.01. The fourth-order valence-corrected chi connectivity index (χ4v) is 2.56. The monoisotopic (exact) mass is 510 g/mol. The van der Waals surface area contributed by atoms with Crippen LogP contribution in [0.4, 0.5) is 4.39 Å². The van der Waals surface area contributed by atoms with Crippen molar-refractivity contribution in [1.82, 2.24) is 25.4 Å². The van der Waals surface area contributed by atoms with Crippen molar-refractivity contribution < 1.29 is 9.13 Å². The molecule has 3 rings (SSSR count). The van der Waals surface area contributed by atoms with Crippen LogP contribution in [0.1, 0.15) is 12.5 Å². The third kappa shape index (κ3) is 7.00. The lowest BCUT2D eigenvalue weighted by molar-refractivity contribution is 0.223. The molecular weight excluding hydrogens is 486 g/mol. The zero-order chi connectivity index (χ0) is 19.8. The van der Waals surface area contributed by atoms with E-state index in [2.05, 4.69) is 25.7 Å². The largest absolute Gasteiger partial charge is 0.489 e. The highest BCUT2D eigenvalue weighted by molar-refractivity contribution is 14.0. The van der Waals surface area contributed by atoms with Crippen molar-refractivity contribution >= 4 is 29.9 Å². The molecule has 3 aromatic rings. The van der Waals surface area contributed by atoms with Crippen LogP contribution in [0, 0.1) is 5.82 Å². The fourth-order valence-electron chi connectivity index (χ4n) is 2.56. The van der Waals surface area contributed by atoms with Gasteiger partial charge in [-0.2, -0.15) is 5.10 Å². The van der Waals surface area contributed by atoms with Gasteiger partial charge in [-0.3, -0.25) is 4.99 Å². The number of rotatable bonds is 7. The van der Waals surface area contributed by atoms with E-state index in [0.717, 1.165) is 11.4 Å². The van der Waals surface area contributed by atoms with Gasteiger partial charge >= 0.3 is 0 Å². The summed E-state index contributed by atoms with van der Waals surface area (Å²) >= 11 is 0. The number of nitrogens with zero attached hydrogens (tertiary/aromatic N) is 4. The summed E-state index contributed by atoms with van der Waals surface area (Å²) in [4.78, 5) is 8.53. The molecule has 2 aromatic heterocycles.